The summed E-state index contributed by atoms with van der Waals surface area (Å²) in [7, 11) is 1.75. The molecule has 6 N–H and O–H groups in total. The lowest BCUT2D eigenvalue weighted by molar-refractivity contribution is -0.144. The van der Waals surface area contributed by atoms with E-state index in [2.05, 4.69) is 41.7 Å². The molecular weight excluding hydrogens is 1080 g/mol. The molecule has 8 rings (SSSR count). The van der Waals surface area contributed by atoms with Crippen LogP contribution in [-0.2, 0) is 45.2 Å². The number of aliphatic hydroxyl groups is 1. The summed E-state index contributed by atoms with van der Waals surface area (Å²) < 4.78 is 54.2. The topological polar surface area (TPSA) is 267 Å². The van der Waals surface area contributed by atoms with Crippen molar-refractivity contribution in [2.24, 2.45) is 17.9 Å². The number of ether oxygens (including phenoxy) is 4. The van der Waals surface area contributed by atoms with Crippen LogP contribution in [0.25, 0.3) is 21.7 Å². The Morgan fingerprint density at radius 3 is 2.20 bits per heavy atom. The van der Waals surface area contributed by atoms with Gasteiger partial charge in [0.2, 0.25) is 29.5 Å². The van der Waals surface area contributed by atoms with Gasteiger partial charge in [0.25, 0.3) is 5.91 Å². The predicted molar refractivity (Wildman–Crippen MR) is 299 cm³/mol. The van der Waals surface area contributed by atoms with Crippen molar-refractivity contribution in [3.63, 3.8) is 0 Å². The molecule has 6 amide bonds. The SMILES string of the molecule is Cc1ncsc1-c1ccc(C(C)NC(=O)C2CC(O)CN2C(=O)C(NC(=O)COCCOCCOCCNC(=O)c2ccc(NC(=O)C3(C(=O)Nc4cc(F)c(Oc5ccnc(-c6cnn(C)c6)c5)cc4F)CC3)cc2)C(C)(C)C)cc1. The lowest BCUT2D eigenvalue weighted by atomic mass is 9.85. The summed E-state index contributed by atoms with van der Waals surface area (Å²) in [5.41, 5.74) is 3.71. The standard InChI is InChI=1S/C58H66F2N10O11S/c1-34(36-7-9-37(10-8-36)50-35(2)63-33-82-50)65-53(74)47-25-41(71)31-70(47)54(75)51(57(3,4)5)68-49(72)32-80-24-23-79-22-21-78-20-19-62-52(73)38-11-13-40(14-12-38)66-55(76)58(16-17-58)56(77)67-46-27-44(60)48(28-43(46)59)81-42-15-18-61-45(26-42)39-29-64-69(6)30-39/h7-15,18,26-30,33-34,41,47,51,71H,16-17,19-25,31-32H2,1-6H3,(H,62,73)(H,65,74)(H,66,76)(H,67,77)(H,68,72). The molecule has 0 spiro atoms. The summed E-state index contributed by atoms with van der Waals surface area (Å²) in [6, 6.07) is 16.1. The van der Waals surface area contributed by atoms with Crippen molar-refractivity contribution in [2.75, 3.05) is 63.4 Å². The number of carbonyl (C=O) groups is 6. The van der Waals surface area contributed by atoms with Gasteiger partial charge in [-0.3, -0.25) is 38.4 Å². The third-order valence-corrected chi connectivity index (χ3v) is 14.8. The zero-order valence-electron chi connectivity index (χ0n) is 46.3. The summed E-state index contributed by atoms with van der Waals surface area (Å²) in [4.78, 5) is 91.1. The van der Waals surface area contributed by atoms with Gasteiger partial charge in [-0.2, -0.15) is 5.10 Å². The van der Waals surface area contributed by atoms with Crippen LogP contribution in [0.2, 0.25) is 0 Å². The molecule has 2 aliphatic rings. The van der Waals surface area contributed by atoms with E-state index >= 15 is 8.78 Å². The van der Waals surface area contributed by atoms with Gasteiger partial charge in [-0.25, -0.2) is 13.8 Å². The molecule has 4 unspecified atom stereocenters. The van der Waals surface area contributed by atoms with Crippen molar-refractivity contribution in [1.29, 1.82) is 0 Å². The van der Waals surface area contributed by atoms with E-state index in [0.717, 1.165) is 33.8 Å². The zero-order chi connectivity index (χ0) is 58.7. The maximum Gasteiger partial charge on any atom is 0.251 e. The molecule has 1 saturated carbocycles. The van der Waals surface area contributed by atoms with Gasteiger partial charge in [-0.1, -0.05) is 45.0 Å². The highest BCUT2D eigenvalue weighted by Gasteiger charge is 2.57. The first-order chi connectivity index (χ1) is 39.2. The highest BCUT2D eigenvalue weighted by atomic mass is 32.1. The van der Waals surface area contributed by atoms with E-state index in [1.807, 2.05) is 38.1 Å². The Bertz CT molecular complexity index is 3260. The molecule has 0 radical (unpaired) electrons. The van der Waals surface area contributed by atoms with Gasteiger partial charge >= 0.3 is 0 Å². The van der Waals surface area contributed by atoms with Crippen molar-refractivity contribution in [3.05, 3.63) is 125 Å². The number of halogens is 2. The molecule has 3 aromatic heterocycles. The summed E-state index contributed by atoms with van der Waals surface area (Å²) in [6.07, 6.45) is 4.29. The van der Waals surface area contributed by atoms with Gasteiger partial charge in [0.05, 0.1) is 78.8 Å². The molecule has 24 heteroatoms. The Balaban J connectivity index is 0.686. The number of nitrogens with one attached hydrogen (secondary N) is 5. The van der Waals surface area contributed by atoms with Crippen LogP contribution >= 0.6 is 11.3 Å². The predicted octanol–water partition coefficient (Wildman–Crippen LogP) is 6.49. The van der Waals surface area contributed by atoms with Crippen molar-refractivity contribution < 1.29 is 61.6 Å². The molecule has 4 atom stereocenters. The quantitative estimate of drug-likeness (QED) is 0.0264. The zero-order valence-corrected chi connectivity index (χ0v) is 47.1. The molecule has 0 bridgehead atoms. The molecule has 434 valence electrons. The Morgan fingerprint density at radius 1 is 0.841 bits per heavy atom. The Labute approximate surface area is 476 Å². The maximum absolute atomic E-state index is 15.2. The number of nitrogens with zero attached hydrogens (tertiary/aromatic N) is 5. The largest absolute Gasteiger partial charge is 0.454 e. The number of aromatic nitrogens is 4. The normalized spacial score (nSPS) is 16.2. The first kappa shape index (κ1) is 60.1. The molecule has 1 saturated heterocycles. The number of hydrogen-bond acceptors (Lipinski definition) is 15. The second-order valence-electron chi connectivity index (χ2n) is 21.1. The number of hydrogen-bond donors (Lipinski definition) is 6. The maximum atomic E-state index is 15.2. The lowest BCUT2D eigenvalue weighted by Crippen LogP contribution is -2.58. The molecule has 4 heterocycles. The van der Waals surface area contributed by atoms with Gasteiger partial charge in [-0.05, 0) is 73.6 Å². The molecule has 3 aromatic carbocycles. The second kappa shape index (κ2) is 26.7. The molecule has 82 heavy (non-hydrogen) atoms. The average molecular weight is 1150 g/mol. The van der Waals surface area contributed by atoms with Gasteiger partial charge in [0, 0.05) is 74.0 Å². The number of anilines is 2. The van der Waals surface area contributed by atoms with Crippen LogP contribution < -0.4 is 31.3 Å². The number of likely N-dealkylation sites (tertiary alicyclic amines) is 1. The summed E-state index contributed by atoms with van der Waals surface area (Å²) in [5, 5.41) is 28.3. The smallest absolute Gasteiger partial charge is 0.251 e. The Morgan fingerprint density at radius 2 is 1.54 bits per heavy atom. The molecule has 1 aliphatic carbocycles. The van der Waals surface area contributed by atoms with Gasteiger partial charge in [-0.15, -0.1) is 11.3 Å². The van der Waals surface area contributed by atoms with Gasteiger partial charge in [0.1, 0.15) is 29.9 Å². The first-order valence-corrected chi connectivity index (χ1v) is 27.5. The van der Waals surface area contributed by atoms with E-state index < -0.39 is 87.5 Å². The molecule has 1 aliphatic heterocycles. The van der Waals surface area contributed by atoms with E-state index in [0.29, 0.717) is 22.5 Å². The van der Waals surface area contributed by atoms with Crippen LogP contribution in [-0.4, -0.2) is 136 Å². The number of aryl methyl sites for hydroxylation is 2. The number of benzene rings is 3. The van der Waals surface area contributed by atoms with Gasteiger partial charge < -0.3 is 55.5 Å². The Hall–Kier alpha value is -8.03. The van der Waals surface area contributed by atoms with E-state index in [1.165, 1.54) is 41.4 Å². The summed E-state index contributed by atoms with van der Waals surface area (Å²) in [6.45, 7) is 9.77. The number of pyridine rings is 1. The Kier molecular flexibility index (Phi) is 19.6. The molecular formula is C58H66F2N10O11S. The van der Waals surface area contributed by atoms with Crippen LogP contribution in [0.1, 0.15) is 74.6 Å². The highest BCUT2D eigenvalue weighted by molar-refractivity contribution is 7.13. The van der Waals surface area contributed by atoms with Crippen LogP contribution in [0.3, 0.4) is 0 Å². The van der Waals surface area contributed by atoms with Crippen molar-refractivity contribution >= 4 is 58.2 Å². The fourth-order valence-corrected chi connectivity index (χ4v) is 9.87. The van der Waals surface area contributed by atoms with Gasteiger partial charge in [0.15, 0.2) is 17.4 Å². The van der Waals surface area contributed by atoms with Crippen LogP contribution in [0.5, 0.6) is 11.5 Å². The third-order valence-electron chi connectivity index (χ3n) is 13.8. The number of thiazole rings is 1. The average Bonchev–Trinajstić information content (AvgIpc) is 3.82. The monoisotopic (exact) mass is 1150 g/mol. The minimum atomic E-state index is -1.51. The van der Waals surface area contributed by atoms with Crippen molar-refractivity contribution in [1.82, 2.24) is 40.6 Å². The van der Waals surface area contributed by atoms with E-state index in [-0.39, 0.29) is 83.8 Å². The van der Waals surface area contributed by atoms with E-state index in [9.17, 15) is 33.9 Å². The fourth-order valence-electron chi connectivity index (χ4n) is 9.06. The summed E-state index contributed by atoms with van der Waals surface area (Å²) in [5.74, 6) is -5.45. The lowest BCUT2D eigenvalue weighted by Gasteiger charge is -2.35. The number of amides is 6. The number of aliphatic hydroxyl groups excluding tert-OH is 1. The number of rotatable bonds is 25. The molecule has 6 aromatic rings. The van der Waals surface area contributed by atoms with Crippen molar-refractivity contribution in [3.8, 4) is 33.2 Å². The first-order valence-electron chi connectivity index (χ1n) is 26.6. The number of carbonyl (C=O) groups excluding carboxylic acids is 6. The van der Waals surface area contributed by atoms with Crippen molar-refractivity contribution in [2.45, 2.75) is 78.1 Å². The minimum Gasteiger partial charge on any atom is -0.454 e. The summed E-state index contributed by atoms with van der Waals surface area (Å²) >= 11 is 1.55. The highest BCUT2D eigenvalue weighted by Crippen LogP contribution is 2.48. The fraction of sp³-hybridized carbons (Fsp3) is 0.397. The molecule has 2 fully saturated rings. The second-order valence-corrected chi connectivity index (χ2v) is 22.0. The minimum absolute atomic E-state index is 0.0555. The van der Waals surface area contributed by atoms with Crippen LogP contribution in [0.15, 0.2) is 96.9 Å². The number of β-amino-alcohol motifs (C(OH)–C–C–N with tert-alkyl or cyclic N) is 1. The molecule has 21 nitrogen and oxygen atoms in total. The third kappa shape index (κ3) is 15.3. The van der Waals surface area contributed by atoms with E-state index in [4.69, 9.17) is 18.9 Å². The van der Waals surface area contributed by atoms with E-state index in [1.54, 1.807) is 67.8 Å². The van der Waals surface area contributed by atoms with Crippen LogP contribution in [0, 0.1) is 29.4 Å². The van der Waals surface area contributed by atoms with Crippen LogP contribution in [0.4, 0.5) is 20.2 Å².